The smallest absolute Gasteiger partial charge is 0.361 e. The van der Waals surface area contributed by atoms with E-state index in [-0.39, 0.29) is 27.8 Å². The quantitative estimate of drug-likeness (QED) is 0.743. The Morgan fingerprint density at radius 1 is 1.50 bits per heavy atom. The monoisotopic (exact) mass is 318 g/mol. The molecule has 1 N–H and O–H groups in total. The molecule has 2 aliphatic heterocycles. The van der Waals surface area contributed by atoms with Crippen LogP contribution in [0.5, 0.6) is 0 Å². The molecule has 0 fully saturated rings. The van der Waals surface area contributed by atoms with E-state index in [1.165, 1.54) is 18.4 Å². The van der Waals surface area contributed by atoms with E-state index in [0.29, 0.717) is 0 Å². The molecular weight excluding hydrogens is 312 g/mol. The van der Waals surface area contributed by atoms with Gasteiger partial charge in [0, 0.05) is 6.20 Å². The van der Waals surface area contributed by atoms with Crippen LogP contribution in [0.3, 0.4) is 0 Å². The molecule has 2 aliphatic rings. The number of alkyl halides is 3. The molecule has 0 aromatic rings. The van der Waals surface area contributed by atoms with Crippen molar-refractivity contribution in [2.75, 3.05) is 6.54 Å². The highest BCUT2D eigenvalue weighted by atomic mass is 79.9. The summed E-state index contributed by atoms with van der Waals surface area (Å²) < 4.78 is 37.3. The Morgan fingerprint density at radius 2 is 2.12 bits per heavy atom. The number of rotatable bonds is 0. The fraction of sp³-hybridized carbons (Fsp3) is 0.375. The summed E-state index contributed by atoms with van der Waals surface area (Å²) in [6.45, 7) is -0.660. The first-order valence-electron chi connectivity index (χ1n) is 4.03. The second-order valence-corrected chi connectivity index (χ2v) is 3.64. The molecule has 0 aliphatic carbocycles. The van der Waals surface area contributed by atoms with Gasteiger partial charge in [-0.3, -0.25) is 0 Å². The van der Waals surface area contributed by atoms with Crippen LogP contribution in [-0.2, 0) is 0 Å². The Labute approximate surface area is 105 Å². The third-order valence-corrected chi connectivity index (χ3v) is 2.42. The van der Waals surface area contributed by atoms with Crippen LogP contribution in [0.25, 0.3) is 0 Å². The third-order valence-electron chi connectivity index (χ3n) is 2.13. The molecule has 2 heterocycles. The Hall–Kier alpha value is -0.530. The Morgan fingerprint density at radius 3 is 2.62 bits per heavy atom. The molecule has 0 bridgehead atoms. The van der Waals surface area contributed by atoms with Gasteiger partial charge in [-0.15, -0.1) is 17.0 Å². The molecule has 2 rings (SSSR count). The number of aliphatic imine (C=N–C) groups is 1. The summed E-state index contributed by atoms with van der Waals surface area (Å²) in [5.41, 5.74) is -3.06. The maximum Gasteiger partial charge on any atom is 0.440 e. The number of fused-ring (bicyclic) bond motifs is 1. The lowest BCUT2D eigenvalue weighted by Gasteiger charge is -2.23. The van der Waals surface area contributed by atoms with Gasteiger partial charge < -0.3 is 10.0 Å². The number of hydrogen-bond donors (Lipinski definition) is 1. The standard InChI is InChI=1S/C8H6ClF3N2O.BrH/c9-5-2-1-3-14-4-7(15,8(10,11)12)13-6(5)14;/h1-3,15H,4H2;1H. The number of amidine groups is 1. The van der Waals surface area contributed by atoms with E-state index in [1.807, 2.05) is 0 Å². The zero-order chi connectivity index (χ0) is 11.3. The van der Waals surface area contributed by atoms with Crippen molar-refractivity contribution in [3.8, 4) is 0 Å². The van der Waals surface area contributed by atoms with Crippen molar-refractivity contribution in [3.63, 3.8) is 0 Å². The van der Waals surface area contributed by atoms with E-state index in [9.17, 15) is 18.3 Å². The van der Waals surface area contributed by atoms with E-state index in [1.54, 1.807) is 0 Å². The average molecular weight is 320 g/mol. The number of nitrogens with zero attached hydrogens (tertiary/aromatic N) is 2. The van der Waals surface area contributed by atoms with Crippen molar-refractivity contribution in [2.24, 2.45) is 4.99 Å². The van der Waals surface area contributed by atoms with Gasteiger partial charge in [-0.1, -0.05) is 11.6 Å². The minimum absolute atomic E-state index is 0. The van der Waals surface area contributed by atoms with Crippen molar-refractivity contribution in [3.05, 3.63) is 23.4 Å². The van der Waals surface area contributed by atoms with Gasteiger partial charge >= 0.3 is 6.18 Å². The highest BCUT2D eigenvalue weighted by Crippen LogP contribution is 2.38. The zero-order valence-electron chi connectivity index (χ0n) is 7.70. The zero-order valence-corrected chi connectivity index (χ0v) is 10.2. The van der Waals surface area contributed by atoms with Crippen LogP contribution in [0.2, 0.25) is 0 Å². The number of allylic oxidation sites excluding steroid dienone is 2. The first-order chi connectivity index (χ1) is 6.83. The first kappa shape index (κ1) is 13.5. The number of halogens is 5. The fourth-order valence-electron chi connectivity index (χ4n) is 1.36. The highest BCUT2D eigenvalue weighted by molar-refractivity contribution is 8.93. The number of aliphatic hydroxyl groups is 1. The predicted molar refractivity (Wildman–Crippen MR) is 58.5 cm³/mol. The van der Waals surface area contributed by atoms with Gasteiger partial charge in [0.25, 0.3) is 5.72 Å². The predicted octanol–water partition coefficient (Wildman–Crippen LogP) is 2.18. The van der Waals surface area contributed by atoms with Gasteiger partial charge in [0.1, 0.15) is 5.84 Å². The molecule has 0 amide bonds. The lowest BCUT2D eigenvalue weighted by molar-refractivity contribution is -0.253. The minimum atomic E-state index is -4.80. The van der Waals surface area contributed by atoms with Gasteiger partial charge in [-0.05, 0) is 12.2 Å². The highest BCUT2D eigenvalue weighted by Gasteiger charge is 2.58. The van der Waals surface area contributed by atoms with Crippen LogP contribution in [-0.4, -0.2) is 34.3 Å². The molecule has 0 spiro atoms. The molecule has 1 unspecified atom stereocenters. The van der Waals surface area contributed by atoms with Crippen LogP contribution in [0.1, 0.15) is 0 Å². The van der Waals surface area contributed by atoms with Gasteiger partial charge in [-0.2, -0.15) is 13.2 Å². The summed E-state index contributed by atoms with van der Waals surface area (Å²) >= 11 is 5.65. The third kappa shape index (κ3) is 1.99. The van der Waals surface area contributed by atoms with Crippen LogP contribution in [0, 0.1) is 0 Å². The summed E-state index contributed by atoms with van der Waals surface area (Å²) in [5, 5.41) is 9.38. The summed E-state index contributed by atoms with van der Waals surface area (Å²) in [6.07, 6.45) is -0.515. The molecule has 0 aromatic heterocycles. The Kier molecular flexibility index (Phi) is 3.42. The maximum absolute atomic E-state index is 12.4. The van der Waals surface area contributed by atoms with E-state index in [4.69, 9.17) is 11.6 Å². The van der Waals surface area contributed by atoms with Crippen molar-refractivity contribution >= 4 is 34.4 Å². The second-order valence-electron chi connectivity index (χ2n) is 3.23. The van der Waals surface area contributed by atoms with Crippen molar-refractivity contribution < 1.29 is 18.3 Å². The van der Waals surface area contributed by atoms with Gasteiger partial charge in [0.15, 0.2) is 0 Å². The van der Waals surface area contributed by atoms with E-state index >= 15 is 0 Å². The lowest BCUT2D eigenvalue weighted by Crippen LogP contribution is -2.46. The van der Waals surface area contributed by atoms with E-state index < -0.39 is 18.4 Å². The normalized spacial score (nSPS) is 28.2. The number of hydrogen-bond acceptors (Lipinski definition) is 3. The molecule has 90 valence electrons. The Balaban J connectivity index is 0.00000128. The second kappa shape index (κ2) is 4.05. The van der Waals surface area contributed by atoms with Gasteiger partial charge in [0.2, 0.25) is 0 Å². The van der Waals surface area contributed by atoms with E-state index in [0.717, 1.165) is 4.90 Å². The fourth-order valence-corrected chi connectivity index (χ4v) is 1.58. The molecule has 0 aromatic carbocycles. The summed E-state index contributed by atoms with van der Waals surface area (Å²) in [6, 6.07) is 0. The minimum Gasteiger partial charge on any atom is -0.361 e. The maximum atomic E-state index is 12.4. The molecule has 8 heteroatoms. The molecule has 16 heavy (non-hydrogen) atoms. The Bertz CT molecular complexity index is 393. The van der Waals surface area contributed by atoms with Crippen LogP contribution in [0.15, 0.2) is 28.4 Å². The topological polar surface area (TPSA) is 35.8 Å². The molecule has 3 nitrogen and oxygen atoms in total. The van der Waals surface area contributed by atoms with Gasteiger partial charge in [0.05, 0.1) is 11.6 Å². The molecule has 0 saturated heterocycles. The first-order valence-corrected chi connectivity index (χ1v) is 4.41. The van der Waals surface area contributed by atoms with Crippen molar-refractivity contribution in [2.45, 2.75) is 11.9 Å². The summed E-state index contributed by atoms with van der Waals surface area (Å²) in [5.74, 6) is -0.0565. The van der Waals surface area contributed by atoms with E-state index in [2.05, 4.69) is 4.99 Å². The average Bonchev–Trinajstić information content (AvgIpc) is 2.43. The molecule has 0 saturated carbocycles. The van der Waals surface area contributed by atoms with Crippen LogP contribution >= 0.6 is 28.6 Å². The van der Waals surface area contributed by atoms with Crippen LogP contribution in [0.4, 0.5) is 13.2 Å². The lowest BCUT2D eigenvalue weighted by atomic mass is 10.2. The van der Waals surface area contributed by atoms with Crippen molar-refractivity contribution in [1.82, 2.24) is 4.90 Å². The summed E-state index contributed by atoms with van der Waals surface area (Å²) in [4.78, 5) is 4.38. The van der Waals surface area contributed by atoms with Gasteiger partial charge in [-0.25, -0.2) is 4.99 Å². The molecule has 0 radical (unpaired) electrons. The van der Waals surface area contributed by atoms with Crippen molar-refractivity contribution in [1.29, 1.82) is 0 Å². The summed E-state index contributed by atoms with van der Waals surface area (Å²) in [7, 11) is 0. The SMILES string of the molecule is Br.OC1(C(F)(F)F)CN2C=CC=C(Cl)C2=N1. The van der Waals surface area contributed by atoms with Crippen LogP contribution < -0.4 is 0 Å². The molecular formula is C8H7BrClF3N2O. The molecule has 1 atom stereocenters. The largest absolute Gasteiger partial charge is 0.440 e.